The number of carbonyl (C=O) groups is 1. The Labute approximate surface area is 144 Å². The predicted octanol–water partition coefficient (Wildman–Crippen LogP) is 3.90. The molecule has 0 bridgehead atoms. The minimum atomic E-state index is -0.456. The standard InChI is InChI=1S/C17H19N3O3S/c1-11-17(24-13(3)18-11)12(2)19(4)16(21)9-8-14-6-5-7-15(10-14)20(22)23/h5-10,12H,1-4H3/b9-8-/t12-/m0/s1. The van der Waals surface area contributed by atoms with Gasteiger partial charge < -0.3 is 4.90 Å². The molecule has 0 N–H and O–H groups in total. The summed E-state index contributed by atoms with van der Waals surface area (Å²) in [5.41, 5.74) is 1.55. The summed E-state index contributed by atoms with van der Waals surface area (Å²) < 4.78 is 0. The molecule has 6 nitrogen and oxygen atoms in total. The lowest BCUT2D eigenvalue weighted by molar-refractivity contribution is -0.384. The number of aromatic nitrogens is 1. The fourth-order valence-corrected chi connectivity index (χ4v) is 3.35. The van der Waals surface area contributed by atoms with E-state index in [4.69, 9.17) is 0 Å². The van der Waals surface area contributed by atoms with E-state index in [9.17, 15) is 14.9 Å². The van der Waals surface area contributed by atoms with Crippen LogP contribution in [-0.2, 0) is 4.79 Å². The van der Waals surface area contributed by atoms with Crippen molar-refractivity contribution in [2.24, 2.45) is 0 Å². The van der Waals surface area contributed by atoms with Gasteiger partial charge in [-0.1, -0.05) is 12.1 Å². The van der Waals surface area contributed by atoms with Crippen molar-refractivity contribution in [3.05, 3.63) is 61.6 Å². The Kier molecular flexibility index (Phi) is 5.46. The molecule has 2 aromatic rings. The van der Waals surface area contributed by atoms with Crippen molar-refractivity contribution in [3.8, 4) is 0 Å². The maximum absolute atomic E-state index is 12.4. The van der Waals surface area contributed by atoms with Gasteiger partial charge in [0.05, 0.1) is 21.7 Å². The SMILES string of the molecule is Cc1nc(C)c([C@H](C)N(C)C(=O)/C=C\c2cccc([N+](=O)[O-])c2)s1. The van der Waals surface area contributed by atoms with Crippen molar-refractivity contribution < 1.29 is 9.72 Å². The molecule has 0 spiro atoms. The number of rotatable bonds is 5. The Morgan fingerprint density at radius 2 is 2.12 bits per heavy atom. The number of amides is 1. The molecule has 126 valence electrons. The van der Waals surface area contributed by atoms with Gasteiger partial charge in [-0.25, -0.2) is 4.98 Å². The summed E-state index contributed by atoms with van der Waals surface area (Å²) in [6, 6.07) is 6.08. The van der Waals surface area contributed by atoms with Gasteiger partial charge in [0, 0.05) is 30.1 Å². The third-order valence-electron chi connectivity index (χ3n) is 3.75. The highest BCUT2D eigenvalue weighted by molar-refractivity contribution is 7.11. The highest BCUT2D eigenvalue weighted by Gasteiger charge is 2.20. The maximum Gasteiger partial charge on any atom is 0.270 e. The zero-order chi connectivity index (χ0) is 17.9. The summed E-state index contributed by atoms with van der Waals surface area (Å²) in [6.07, 6.45) is 3.02. The van der Waals surface area contributed by atoms with Gasteiger partial charge in [-0.2, -0.15) is 0 Å². The lowest BCUT2D eigenvalue weighted by atomic mass is 10.1. The molecule has 1 aromatic heterocycles. The molecule has 1 heterocycles. The number of nitro benzene ring substituents is 1. The molecule has 0 fully saturated rings. The van der Waals surface area contributed by atoms with Crippen LogP contribution in [0, 0.1) is 24.0 Å². The lowest BCUT2D eigenvalue weighted by Crippen LogP contribution is -2.27. The normalized spacial score (nSPS) is 12.3. The fourth-order valence-electron chi connectivity index (χ4n) is 2.33. The molecule has 0 aliphatic heterocycles. The molecule has 24 heavy (non-hydrogen) atoms. The quantitative estimate of drug-likeness (QED) is 0.468. The average molecular weight is 345 g/mol. The molecule has 0 unspecified atom stereocenters. The second-order valence-corrected chi connectivity index (χ2v) is 6.73. The van der Waals surface area contributed by atoms with Crippen molar-refractivity contribution in [1.29, 1.82) is 0 Å². The molecule has 0 aliphatic carbocycles. The van der Waals surface area contributed by atoms with Crippen LogP contribution in [0.5, 0.6) is 0 Å². The first-order chi connectivity index (χ1) is 11.3. The van der Waals surface area contributed by atoms with Gasteiger partial charge in [-0.3, -0.25) is 14.9 Å². The van der Waals surface area contributed by atoms with E-state index in [0.717, 1.165) is 15.6 Å². The first kappa shape index (κ1) is 17.8. The Morgan fingerprint density at radius 3 is 2.71 bits per heavy atom. The summed E-state index contributed by atoms with van der Waals surface area (Å²) in [4.78, 5) is 29.8. The Morgan fingerprint density at radius 1 is 1.42 bits per heavy atom. The van der Waals surface area contributed by atoms with Crippen molar-refractivity contribution in [3.63, 3.8) is 0 Å². The zero-order valence-corrected chi connectivity index (χ0v) is 14.8. The maximum atomic E-state index is 12.4. The van der Waals surface area contributed by atoms with Crippen LogP contribution in [0.25, 0.3) is 6.08 Å². The van der Waals surface area contributed by atoms with Crippen LogP contribution in [0.2, 0.25) is 0 Å². The monoisotopic (exact) mass is 345 g/mol. The Bertz CT molecular complexity index is 798. The number of hydrogen-bond acceptors (Lipinski definition) is 5. The minimum Gasteiger partial charge on any atom is -0.335 e. The number of thiazole rings is 1. The zero-order valence-electron chi connectivity index (χ0n) is 14.0. The topological polar surface area (TPSA) is 76.3 Å². The van der Waals surface area contributed by atoms with Crippen molar-refractivity contribution in [1.82, 2.24) is 9.88 Å². The first-order valence-corrected chi connectivity index (χ1v) is 8.24. The smallest absolute Gasteiger partial charge is 0.270 e. The molecule has 0 saturated heterocycles. The number of hydrogen-bond donors (Lipinski definition) is 0. The van der Waals surface area contributed by atoms with Crippen LogP contribution in [0.4, 0.5) is 5.69 Å². The van der Waals surface area contributed by atoms with Gasteiger partial charge in [-0.15, -0.1) is 11.3 Å². The highest BCUT2D eigenvalue weighted by Crippen LogP contribution is 2.28. The Balaban J connectivity index is 2.12. The van der Waals surface area contributed by atoms with Crippen LogP contribution >= 0.6 is 11.3 Å². The number of nitro groups is 1. The van der Waals surface area contributed by atoms with E-state index in [-0.39, 0.29) is 17.6 Å². The minimum absolute atomic E-state index is 0.00193. The predicted molar refractivity (Wildman–Crippen MR) is 94.9 cm³/mol. The van der Waals surface area contributed by atoms with Crippen LogP contribution in [0.3, 0.4) is 0 Å². The van der Waals surface area contributed by atoms with Gasteiger partial charge in [0.15, 0.2) is 0 Å². The van der Waals surface area contributed by atoms with E-state index in [0.29, 0.717) is 5.56 Å². The van der Waals surface area contributed by atoms with Crippen LogP contribution in [-0.4, -0.2) is 27.8 Å². The summed E-state index contributed by atoms with van der Waals surface area (Å²) in [6.45, 7) is 5.84. The molecule has 2 rings (SSSR count). The molecule has 0 aliphatic rings. The number of likely N-dealkylation sites (N-methyl/N-ethyl adjacent to an activating group) is 1. The van der Waals surface area contributed by atoms with E-state index in [1.165, 1.54) is 18.2 Å². The van der Waals surface area contributed by atoms with Gasteiger partial charge in [0.2, 0.25) is 5.91 Å². The van der Waals surface area contributed by atoms with E-state index in [1.807, 2.05) is 20.8 Å². The highest BCUT2D eigenvalue weighted by atomic mass is 32.1. The van der Waals surface area contributed by atoms with Crippen molar-refractivity contribution in [2.45, 2.75) is 26.8 Å². The second-order valence-electron chi connectivity index (χ2n) is 5.49. The molecule has 1 atom stereocenters. The number of benzene rings is 1. The molecular formula is C17H19N3O3S. The van der Waals surface area contributed by atoms with Crippen molar-refractivity contribution >= 4 is 29.0 Å². The van der Waals surface area contributed by atoms with Crippen LogP contribution in [0.15, 0.2) is 30.3 Å². The molecular weight excluding hydrogens is 326 g/mol. The van der Waals surface area contributed by atoms with E-state index in [1.54, 1.807) is 41.5 Å². The number of carbonyl (C=O) groups excluding carboxylic acids is 1. The average Bonchev–Trinajstić information content (AvgIpc) is 2.89. The fraction of sp³-hybridized carbons (Fsp3) is 0.294. The number of non-ortho nitro benzene ring substituents is 1. The second kappa shape index (κ2) is 7.35. The van der Waals surface area contributed by atoms with Gasteiger partial charge in [0.1, 0.15) is 0 Å². The molecule has 1 aromatic carbocycles. The third kappa shape index (κ3) is 4.05. The van der Waals surface area contributed by atoms with Gasteiger partial charge in [0.25, 0.3) is 5.69 Å². The summed E-state index contributed by atoms with van der Waals surface area (Å²) in [7, 11) is 1.74. The van der Waals surface area contributed by atoms with Gasteiger partial charge in [-0.05, 0) is 32.4 Å². The van der Waals surface area contributed by atoms with Crippen LogP contribution < -0.4 is 0 Å². The molecule has 0 saturated carbocycles. The molecule has 0 radical (unpaired) electrons. The van der Waals surface area contributed by atoms with E-state index in [2.05, 4.69) is 4.98 Å². The third-order valence-corrected chi connectivity index (χ3v) is 4.99. The summed E-state index contributed by atoms with van der Waals surface area (Å²) in [5, 5.41) is 11.8. The number of nitrogens with zero attached hydrogens (tertiary/aromatic N) is 3. The molecule has 1 amide bonds. The summed E-state index contributed by atoms with van der Waals surface area (Å²) >= 11 is 1.58. The van der Waals surface area contributed by atoms with Crippen LogP contribution in [0.1, 0.15) is 34.1 Å². The molecule has 7 heteroatoms. The Hall–Kier alpha value is -2.54. The van der Waals surface area contributed by atoms with E-state index < -0.39 is 4.92 Å². The summed E-state index contributed by atoms with van der Waals surface area (Å²) in [5.74, 6) is -0.167. The number of aryl methyl sites for hydroxylation is 2. The first-order valence-electron chi connectivity index (χ1n) is 7.43. The van der Waals surface area contributed by atoms with Crippen molar-refractivity contribution in [2.75, 3.05) is 7.05 Å². The van der Waals surface area contributed by atoms with E-state index >= 15 is 0 Å². The van der Waals surface area contributed by atoms with Gasteiger partial charge >= 0.3 is 0 Å². The largest absolute Gasteiger partial charge is 0.335 e. The lowest BCUT2D eigenvalue weighted by Gasteiger charge is -2.23.